The van der Waals surface area contributed by atoms with E-state index in [9.17, 15) is 13.9 Å². The van der Waals surface area contributed by atoms with Crippen molar-refractivity contribution in [3.63, 3.8) is 0 Å². The van der Waals surface area contributed by atoms with Crippen LogP contribution < -0.4 is 9.64 Å². The number of nitrogens with zero attached hydrogens (tertiary/aromatic N) is 7. The first kappa shape index (κ1) is 27.1. The van der Waals surface area contributed by atoms with E-state index >= 15 is 8.78 Å². The van der Waals surface area contributed by atoms with Gasteiger partial charge in [0.15, 0.2) is 17.5 Å². The highest BCUT2D eigenvalue weighted by atomic mass is 19.2. The number of aromatic hydroxyl groups is 1. The van der Waals surface area contributed by atoms with E-state index in [-0.39, 0.29) is 45.9 Å². The monoisotopic (exact) mass is 605 g/mol. The summed E-state index contributed by atoms with van der Waals surface area (Å²) in [4.78, 5) is 21.9. The second-order valence-electron chi connectivity index (χ2n) is 11.8. The van der Waals surface area contributed by atoms with Crippen LogP contribution in [0.15, 0.2) is 42.9 Å². The van der Waals surface area contributed by atoms with Gasteiger partial charge in [-0.3, -0.25) is 9.88 Å². The van der Waals surface area contributed by atoms with Crippen LogP contribution in [-0.2, 0) is 13.1 Å². The molecular formula is C31H27F4N7O2. The van der Waals surface area contributed by atoms with Gasteiger partial charge in [-0.2, -0.15) is 9.97 Å². The van der Waals surface area contributed by atoms with Crippen molar-refractivity contribution in [3.05, 3.63) is 66.1 Å². The average Bonchev–Trinajstić information content (AvgIpc) is 3.71. The van der Waals surface area contributed by atoms with Gasteiger partial charge in [0.1, 0.15) is 41.4 Å². The third-order valence-electron chi connectivity index (χ3n) is 9.17. The summed E-state index contributed by atoms with van der Waals surface area (Å²) in [6, 6.07) is 4.58. The molecule has 5 aromatic rings. The molecule has 226 valence electrons. The highest BCUT2D eigenvalue weighted by Crippen LogP contribution is 2.41. The Labute approximate surface area is 248 Å². The van der Waals surface area contributed by atoms with Gasteiger partial charge < -0.3 is 19.3 Å². The fourth-order valence-electron chi connectivity index (χ4n) is 7.08. The number of rotatable bonds is 5. The molecule has 1 N–H and O–H groups in total. The quantitative estimate of drug-likeness (QED) is 0.276. The van der Waals surface area contributed by atoms with E-state index in [0.717, 1.165) is 37.3 Å². The summed E-state index contributed by atoms with van der Waals surface area (Å²) >= 11 is 0. The Morgan fingerprint density at radius 1 is 1.05 bits per heavy atom. The summed E-state index contributed by atoms with van der Waals surface area (Å²) < 4.78 is 68.5. The molecular weight excluding hydrogens is 578 g/mol. The molecule has 9 nitrogen and oxygen atoms in total. The van der Waals surface area contributed by atoms with Gasteiger partial charge in [-0.05, 0) is 43.0 Å². The lowest BCUT2D eigenvalue weighted by Gasteiger charge is -2.31. The van der Waals surface area contributed by atoms with Crippen molar-refractivity contribution in [1.82, 2.24) is 29.4 Å². The molecule has 0 amide bonds. The van der Waals surface area contributed by atoms with Gasteiger partial charge in [0.2, 0.25) is 0 Å². The van der Waals surface area contributed by atoms with Crippen LogP contribution in [0.5, 0.6) is 11.8 Å². The maximum Gasteiger partial charge on any atom is 0.319 e. The van der Waals surface area contributed by atoms with E-state index in [4.69, 9.17) is 9.72 Å². The van der Waals surface area contributed by atoms with Crippen LogP contribution in [0, 0.1) is 17.5 Å². The first-order valence-electron chi connectivity index (χ1n) is 14.5. The van der Waals surface area contributed by atoms with Crippen LogP contribution in [0.2, 0.25) is 0 Å². The van der Waals surface area contributed by atoms with Gasteiger partial charge in [-0.15, -0.1) is 0 Å². The fourth-order valence-corrected chi connectivity index (χ4v) is 7.08. The molecule has 0 radical (unpaired) electrons. The van der Waals surface area contributed by atoms with E-state index < -0.39 is 29.2 Å². The SMILES string of the molecule is Oc1cc(-c2ncc3c(N4CCn5ccnc5C4)nc(OC[C@@]45CCCN4C[C@H](F)C5)nc3c2F)c2c(F)c(F)ccc2c1. The third-order valence-corrected chi connectivity index (χ3v) is 9.17. The van der Waals surface area contributed by atoms with E-state index in [1.165, 1.54) is 18.3 Å². The molecule has 0 spiro atoms. The number of imidazole rings is 1. The Morgan fingerprint density at radius 2 is 1.93 bits per heavy atom. The smallest absolute Gasteiger partial charge is 0.319 e. The van der Waals surface area contributed by atoms with Crippen molar-refractivity contribution in [2.24, 2.45) is 0 Å². The second-order valence-corrected chi connectivity index (χ2v) is 11.8. The van der Waals surface area contributed by atoms with Crippen LogP contribution in [-0.4, -0.2) is 72.5 Å². The Morgan fingerprint density at radius 3 is 2.82 bits per heavy atom. The Kier molecular flexibility index (Phi) is 6.16. The number of hydrogen-bond donors (Lipinski definition) is 1. The number of halogens is 4. The van der Waals surface area contributed by atoms with Crippen molar-refractivity contribution in [3.8, 4) is 23.0 Å². The predicted octanol–water partition coefficient (Wildman–Crippen LogP) is 5.14. The van der Waals surface area contributed by atoms with Gasteiger partial charge in [0.05, 0.1) is 17.5 Å². The third kappa shape index (κ3) is 4.24. The van der Waals surface area contributed by atoms with Crippen molar-refractivity contribution in [1.29, 1.82) is 0 Å². The summed E-state index contributed by atoms with van der Waals surface area (Å²) in [5, 5.41) is 10.6. The summed E-state index contributed by atoms with van der Waals surface area (Å²) in [6.45, 7) is 2.84. The summed E-state index contributed by atoms with van der Waals surface area (Å²) in [6.07, 6.45) is 6.10. The molecule has 2 saturated heterocycles. The van der Waals surface area contributed by atoms with Crippen LogP contribution >= 0.6 is 0 Å². The molecule has 2 fully saturated rings. The summed E-state index contributed by atoms with van der Waals surface area (Å²) in [7, 11) is 0. The minimum absolute atomic E-state index is 0.0843. The van der Waals surface area contributed by atoms with Crippen molar-refractivity contribution < 1.29 is 27.4 Å². The maximum atomic E-state index is 16.6. The molecule has 3 aliphatic heterocycles. The molecule has 0 bridgehead atoms. The zero-order chi connectivity index (χ0) is 30.2. The van der Waals surface area contributed by atoms with Crippen molar-refractivity contribution in [2.75, 3.05) is 31.1 Å². The largest absolute Gasteiger partial charge is 0.508 e. The normalized spacial score (nSPS) is 21.7. The highest BCUT2D eigenvalue weighted by Gasteiger charge is 2.49. The van der Waals surface area contributed by atoms with E-state index in [2.05, 4.69) is 19.9 Å². The van der Waals surface area contributed by atoms with Crippen LogP contribution in [0.1, 0.15) is 25.1 Å². The van der Waals surface area contributed by atoms with Gasteiger partial charge in [-0.1, -0.05) is 6.07 Å². The van der Waals surface area contributed by atoms with Gasteiger partial charge in [0.25, 0.3) is 0 Å². The molecule has 8 rings (SSSR count). The molecule has 3 aromatic heterocycles. The summed E-state index contributed by atoms with van der Waals surface area (Å²) in [5.74, 6) is -2.28. The zero-order valence-corrected chi connectivity index (χ0v) is 23.5. The second kappa shape index (κ2) is 10.0. The lowest BCUT2D eigenvalue weighted by Crippen LogP contribution is -2.43. The van der Waals surface area contributed by atoms with E-state index in [1.807, 2.05) is 15.7 Å². The van der Waals surface area contributed by atoms with Crippen LogP contribution in [0.25, 0.3) is 32.9 Å². The maximum absolute atomic E-state index is 16.6. The minimum Gasteiger partial charge on any atom is -0.508 e. The standard InChI is InChI=1S/C31H27F4N7O2/c32-18-12-31(4-1-6-42(31)14-18)16-44-30-38-28-21(29(39-30)41-9-8-40-7-5-36-23(40)15-41)13-37-27(26(28)35)20-11-19(43)10-17-2-3-22(33)25(34)24(17)20/h2-3,5,7,10-11,13,18,43H,1,4,6,8-9,12,14-16H2/t18-,31+/m1/s1. The first-order chi connectivity index (χ1) is 21.3. The molecule has 44 heavy (non-hydrogen) atoms. The van der Waals surface area contributed by atoms with Gasteiger partial charge in [-0.25, -0.2) is 22.5 Å². The molecule has 13 heteroatoms. The molecule has 0 unspecified atom stereocenters. The number of ether oxygens (including phenoxy) is 1. The van der Waals surface area contributed by atoms with Crippen LogP contribution in [0.3, 0.4) is 0 Å². The number of alkyl halides is 1. The lowest BCUT2D eigenvalue weighted by molar-refractivity contribution is 0.107. The molecule has 2 aromatic carbocycles. The molecule has 0 aliphatic carbocycles. The number of fused-ring (bicyclic) bond motifs is 4. The molecule has 0 saturated carbocycles. The number of benzene rings is 2. The minimum atomic E-state index is -1.18. The van der Waals surface area contributed by atoms with Gasteiger partial charge in [0, 0.05) is 55.6 Å². The van der Waals surface area contributed by atoms with E-state index in [0.29, 0.717) is 43.8 Å². The van der Waals surface area contributed by atoms with Crippen LogP contribution in [0.4, 0.5) is 23.4 Å². The predicted molar refractivity (Wildman–Crippen MR) is 154 cm³/mol. The Hall–Kier alpha value is -4.52. The zero-order valence-electron chi connectivity index (χ0n) is 23.5. The topological polar surface area (TPSA) is 92.4 Å². The number of phenolic OH excluding ortho intramolecular Hbond substituents is 1. The molecule has 6 heterocycles. The summed E-state index contributed by atoms with van der Waals surface area (Å²) in [5.41, 5.74) is -1.05. The van der Waals surface area contributed by atoms with Gasteiger partial charge >= 0.3 is 6.01 Å². The number of hydrogen-bond acceptors (Lipinski definition) is 8. The van der Waals surface area contributed by atoms with Crippen molar-refractivity contribution >= 4 is 27.5 Å². The van der Waals surface area contributed by atoms with E-state index in [1.54, 1.807) is 6.20 Å². The fraction of sp³-hybridized carbons (Fsp3) is 0.355. The molecule has 3 aliphatic rings. The average molecular weight is 606 g/mol. The van der Waals surface area contributed by atoms with Crippen molar-refractivity contribution in [2.45, 2.75) is 44.1 Å². The first-order valence-corrected chi connectivity index (χ1v) is 14.5. The molecule has 2 atom stereocenters. The lowest BCUT2D eigenvalue weighted by atomic mass is 9.95. The number of anilines is 1. The number of aromatic nitrogens is 5. The number of pyridine rings is 1. The highest BCUT2D eigenvalue weighted by molar-refractivity contribution is 6.00. The number of phenols is 1. The Balaban J connectivity index is 1.27. The Bertz CT molecular complexity index is 1950.